The Kier molecular flexibility index (Phi) is 5.33. The molecule has 1 aliphatic rings. The third-order valence-corrected chi connectivity index (χ3v) is 4.53. The van der Waals surface area contributed by atoms with Crippen LogP contribution in [0.3, 0.4) is 0 Å². The van der Waals surface area contributed by atoms with Crippen LogP contribution in [0.5, 0.6) is 0 Å². The number of nitrogens with one attached hydrogen (secondary N) is 1. The summed E-state index contributed by atoms with van der Waals surface area (Å²) in [5.74, 6) is 0.149. The normalized spacial score (nSPS) is 17.6. The van der Waals surface area contributed by atoms with Crippen LogP contribution in [-0.2, 0) is 23.0 Å². The fourth-order valence-corrected chi connectivity index (χ4v) is 3.10. The zero-order chi connectivity index (χ0) is 17.8. The van der Waals surface area contributed by atoms with Crippen molar-refractivity contribution >= 4 is 11.6 Å². The van der Waals surface area contributed by atoms with Crippen molar-refractivity contribution in [3.63, 3.8) is 0 Å². The molecule has 1 saturated heterocycles. The maximum atomic E-state index is 12.6. The molecule has 3 rings (SSSR count). The molecule has 1 N–H and O–H groups in total. The fourth-order valence-electron chi connectivity index (χ4n) is 3.10. The average Bonchev–Trinajstić information content (AvgIpc) is 3.04. The largest absolute Gasteiger partial charge is 0.388 e. The number of pyridine rings is 1. The summed E-state index contributed by atoms with van der Waals surface area (Å²) in [4.78, 5) is 19.0. The number of amides is 1. The summed E-state index contributed by atoms with van der Waals surface area (Å²) in [7, 11) is 3.78. The van der Waals surface area contributed by atoms with Gasteiger partial charge in [-0.3, -0.25) is 14.5 Å². The number of aryl methyl sites for hydroxylation is 3. The highest BCUT2D eigenvalue weighted by Crippen LogP contribution is 2.24. The molecule has 7 nitrogen and oxygen atoms in total. The van der Waals surface area contributed by atoms with Gasteiger partial charge in [0, 0.05) is 50.3 Å². The lowest BCUT2D eigenvalue weighted by Crippen LogP contribution is -2.42. The van der Waals surface area contributed by atoms with Gasteiger partial charge in [-0.2, -0.15) is 5.10 Å². The minimum Gasteiger partial charge on any atom is -0.388 e. The molecule has 7 heteroatoms. The zero-order valence-corrected chi connectivity index (χ0v) is 15.0. The number of ether oxygens (including phenoxy) is 1. The molecule has 0 spiro atoms. The second-order valence-electron chi connectivity index (χ2n) is 6.32. The number of aromatic nitrogens is 3. The highest BCUT2D eigenvalue weighted by Gasteiger charge is 2.26. The number of rotatable bonds is 5. The van der Waals surface area contributed by atoms with Crippen molar-refractivity contribution in [2.75, 3.05) is 32.1 Å². The van der Waals surface area contributed by atoms with E-state index in [0.29, 0.717) is 32.5 Å². The Morgan fingerprint density at radius 3 is 3.00 bits per heavy atom. The number of hydrogen-bond acceptors (Lipinski definition) is 5. The van der Waals surface area contributed by atoms with Crippen LogP contribution in [0, 0.1) is 6.92 Å². The van der Waals surface area contributed by atoms with Crippen LogP contribution in [0.2, 0.25) is 0 Å². The molecular weight excluding hydrogens is 318 g/mol. The summed E-state index contributed by atoms with van der Waals surface area (Å²) in [5.41, 5.74) is 3.88. The van der Waals surface area contributed by atoms with Crippen LogP contribution in [0.4, 0.5) is 5.69 Å². The van der Waals surface area contributed by atoms with E-state index < -0.39 is 0 Å². The van der Waals surface area contributed by atoms with E-state index in [1.807, 2.05) is 48.8 Å². The Morgan fingerprint density at radius 1 is 1.44 bits per heavy atom. The number of anilines is 1. The first-order chi connectivity index (χ1) is 12.1. The maximum Gasteiger partial charge on any atom is 0.223 e. The molecule has 134 valence electrons. The summed E-state index contributed by atoms with van der Waals surface area (Å²) in [6, 6.07) is 5.93. The second-order valence-corrected chi connectivity index (χ2v) is 6.32. The van der Waals surface area contributed by atoms with Crippen LogP contribution >= 0.6 is 0 Å². The minimum atomic E-state index is -0.179. The summed E-state index contributed by atoms with van der Waals surface area (Å²) in [5, 5.41) is 7.28. The van der Waals surface area contributed by atoms with Crippen LogP contribution in [0.25, 0.3) is 0 Å². The summed E-state index contributed by atoms with van der Waals surface area (Å²) >= 11 is 0. The zero-order valence-electron chi connectivity index (χ0n) is 15.0. The molecule has 0 unspecified atom stereocenters. The Hall–Kier alpha value is -2.41. The van der Waals surface area contributed by atoms with Gasteiger partial charge in [-0.15, -0.1) is 0 Å². The van der Waals surface area contributed by atoms with E-state index in [1.165, 1.54) is 0 Å². The molecule has 1 amide bonds. The predicted octanol–water partition coefficient (Wildman–Crippen LogP) is 1.70. The molecule has 25 heavy (non-hydrogen) atoms. The number of carbonyl (C=O) groups excluding carboxylic acids is 1. The molecule has 0 aliphatic carbocycles. The first kappa shape index (κ1) is 17.4. The summed E-state index contributed by atoms with van der Waals surface area (Å²) in [6.07, 6.45) is 2.76. The van der Waals surface area contributed by atoms with Crippen LogP contribution < -0.4 is 5.32 Å². The van der Waals surface area contributed by atoms with E-state index in [0.717, 1.165) is 22.8 Å². The van der Waals surface area contributed by atoms with E-state index in [1.54, 1.807) is 6.20 Å². The molecule has 1 aliphatic heterocycles. The lowest BCUT2D eigenvalue weighted by atomic mass is 10.1. The predicted molar refractivity (Wildman–Crippen MR) is 95.3 cm³/mol. The minimum absolute atomic E-state index is 0.149. The van der Waals surface area contributed by atoms with E-state index in [4.69, 9.17) is 4.74 Å². The first-order valence-corrected chi connectivity index (χ1v) is 8.59. The fraction of sp³-hybridized carbons (Fsp3) is 0.500. The molecule has 1 atom stereocenters. The smallest absolute Gasteiger partial charge is 0.223 e. The molecule has 3 heterocycles. The molecule has 0 radical (unpaired) electrons. The Morgan fingerprint density at radius 2 is 2.28 bits per heavy atom. The monoisotopic (exact) mass is 343 g/mol. The molecule has 2 aromatic heterocycles. The molecule has 0 saturated carbocycles. The van der Waals surface area contributed by atoms with Crippen molar-refractivity contribution < 1.29 is 9.53 Å². The Balaban J connectivity index is 1.63. The molecule has 0 bridgehead atoms. The Labute approximate surface area is 148 Å². The van der Waals surface area contributed by atoms with Gasteiger partial charge in [-0.05, 0) is 31.5 Å². The lowest BCUT2D eigenvalue weighted by molar-refractivity contribution is -0.139. The van der Waals surface area contributed by atoms with Gasteiger partial charge in [0.25, 0.3) is 0 Å². The number of hydrogen-bond donors (Lipinski definition) is 1. The molecule has 1 fully saturated rings. The number of carbonyl (C=O) groups is 1. The van der Waals surface area contributed by atoms with E-state index >= 15 is 0 Å². The number of morpholine rings is 1. The van der Waals surface area contributed by atoms with Crippen LogP contribution in [0.15, 0.2) is 24.4 Å². The van der Waals surface area contributed by atoms with Crippen LogP contribution in [0.1, 0.15) is 29.6 Å². The van der Waals surface area contributed by atoms with Gasteiger partial charge in [0.05, 0.1) is 18.8 Å². The van der Waals surface area contributed by atoms with Crippen molar-refractivity contribution in [1.29, 1.82) is 0 Å². The third-order valence-electron chi connectivity index (χ3n) is 4.53. The third kappa shape index (κ3) is 4.17. The summed E-state index contributed by atoms with van der Waals surface area (Å²) < 4.78 is 7.68. The van der Waals surface area contributed by atoms with Gasteiger partial charge >= 0.3 is 0 Å². The van der Waals surface area contributed by atoms with E-state index in [-0.39, 0.29) is 12.0 Å². The van der Waals surface area contributed by atoms with Crippen LogP contribution in [-0.4, -0.2) is 52.3 Å². The number of nitrogens with zero attached hydrogens (tertiary/aromatic N) is 4. The van der Waals surface area contributed by atoms with E-state index in [9.17, 15) is 4.79 Å². The van der Waals surface area contributed by atoms with E-state index in [2.05, 4.69) is 15.4 Å². The first-order valence-electron chi connectivity index (χ1n) is 8.59. The quantitative estimate of drug-likeness (QED) is 0.895. The lowest BCUT2D eigenvalue weighted by Gasteiger charge is -2.33. The maximum absolute atomic E-state index is 12.6. The highest BCUT2D eigenvalue weighted by molar-refractivity contribution is 5.76. The molecule has 0 aromatic carbocycles. The SMILES string of the molecule is CNc1cc(C)nc([C@@H]2CN(C(=O)CCc3ccnn3C)CCO2)c1. The molecule has 2 aromatic rings. The van der Waals surface area contributed by atoms with Gasteiger partial charge in [0.1, 0.15) is 6.10 Å². The average molecular weight is 343 g/mol. The van der Waals surface area contributed by atoms with Gasteiger partial charge in [-0.1, -0.05) is 0 Å². The second kappa shape index (κ2) is 7.65. The standard InChI is InChI=1S/C18H25N5O2/c1-13-10-14(19-2)11-16(21-13)17-12-23(8-9-25-17)18(24)5-4-15-6-7-20-22(15)3/h6-7,10-11,17H,4-5,8-9,12H2,1-3H3,(H,19,21)/t17-/m0/s1. The molecular formula is C18H25N5O2. The highest BCUT2D eigenvalue weighted by atomic mass is 16.5. The summed E-state index contributed by atoms with van der Waals surface area (Å²) in [6.45, 7) is 3.67. The van der Waals surface area contributed by atoms with Crippen molar-refractivity contribution in [2.24, 2.45) is 7.05 Å². The van der Waals surface area contributed by atoms with Crippen molar-refractivity contribution in [1.82, 2.24) is 19.7 Å². The van der Waals surface area contributed by atoms with Gasteiger partial charge < -0.3 is 15.0 Å². The topological polar surface area (TPSA) is 72.3 Å². The Bertz CT molecular complexity index is 743. The van der Waals surface area contributed by atoms with Gasteiger partial charge in [-0.25, -0.2) is 0 Å². The van der Waals surface area contributed by atoms with Crippen molar-refractivity contribution in [2.45, 2.75) is 25.9 Å². The van der Waals surface area contributed by atoms with Gasteiger partial charge in [0.15, 0.2) is 0 Å². The van der Waals surface area contributed by atoms with Crippen molar-refractivity contribution in [3.05, 3.63) is 41.5 Å². The van der Waals surface area contributed by atoms with Gasteiger partial charge in [0.2, 0.25) is 5.91 Å². The van der Waals surface area contributed by atoms with Crippen molar-refractivity contribution in [3.8, 4) is 0 Å².